The van der Waals surface area contributed by atoms with Gasteiger partial charge in [0.2, 0.25) is 0 Å². The van der Waals surface area contributed by atoms with E-state index in [0.717, 1.165) is 13.1 Å². The maximum Gasteiger partial charge on any atom is 0.0366 e. The summed E-state index contributed by atoms with van der Waals surface area (Å²) in [5.74, 6) is 0. The lowest BCUT2D eigenvalue weighted by Gasteiger charge is -2.21. The summed E-state index contributed by atoms with van der Waals surface area (Å²) in [5.41, 5.74) is 5.32. The zero-order valence-electron chi connectivity index (χ0n) is 15.8. The number of hydrogen-bond donors (Lipinski definition) is 0. The third kappa shape index (κ3) is 5.92. The molecule has 2 aromatic carbocycles. The van der Waals surface area contributed by atoms with Crippen molar-refractivity contribution in [3.63, 3.8) is 0 Å². The van der Waals surface area contributed by atoms with Gasteiger partial charge in [0.15, 0.2) is 0 Å². The van der Waals surface area contributed by atoms with Crippen LogP contribution < -0.4 is 9.80 Å². The summed E-state index contributed by atoms with van der Waals surface area (Å²) < 4.78 is 0. The second-order valence-corrected chi connectivity index (χ2v) is 6.94. The number of nitrogens with zero attached hydrogens (tertiary/aromatic N) is 2. The van der Waals surface area contributed by atoms with Gasteiger partial charge in [-0.05, 0) is 62.1 Å². The molecule has 0 saturated carbocycles. The summed E-state index contributed by atoms with van der Waals surface area (Å²) in [6.45, 7) is 6.58. The number of hydrogen-bond acceptors (Lipinski definition) is 2. The highest BCUT2D eigenvalue weighted by atomic mass is 15.1. The Kier molecular flexibility index (Phi) is 7.17. The van der Waals surface area contributed by atoms with Crippen molar-refractivity contribution in [2.24, 2.45) is 0 Å². The molecule has 0 heterocycles. The molecule has 0 spiro atoms. The molecule has 0 unspecified atom stereocenters. The standard InChI is InChI=1S/C22H32N2/c1-19-11-9-13-21(17-19)23(3)15-7-5-6-8-16-24(4)22-14-10-12-20(2)18-22/h9-14,17-18H,5-8,15-16H2,1-4H3. The van der Waals surface area contributed by atoms with Gasteiger partial charge in [0, 0.05) is 38.6 Å². The van der Waals surface area contributed by atoms with Gasteiger partial charge in [-0.15, -0.1) is 0 Å². The molecule has 0 atom stereocenters. The summed E-state index contributed by atoms with van der Waals surface area (Å²) in [6.07, 6.45) is 5.13. The van der Waals surface area contributed by atoms with E-state index in [1.54, 1.807) is 0 Å². The number of anilines is 2. The van der Waals surface area contributed by atoms with E-state index >= 15 is 0 Å². The maximum absolute atomic E-state index is 2.37. The summed E-state index contributed by atoms with van der Waals surface area (Å²) in [6, 6.07) is 17.5. The van der Waals surface area contributed by atoms with E-state index in [4.69, 9.17) is 0 Å². The molecular weight excluding hydrogens is 292 g/mol. The average Bonchev–Trinajstić information content (AvgIpc) is 2.57. The highest BCUT2D eigenvalue weighted by Crippen LogP contribution is 2.16. The zero-order chi connectivity index (χ0) is 17.4. The van der Waals surface area contributed by atoms with E-state index in [-0.39, 0.29) is 0 Å². The summed E-state index contributed by atoms with van der Waals surface area (Å²) >= 11 is 0. The quantitative estimate of drug-likeness (QED) is 0.567. The second kappa shape index (κ2) is 9.36. The van der Waals surface area contributed by atoms with Crippen LogP contribution in [-0.4, -0.2) is 27.2 Å². The summed E-state index contributed by atoms with van der Waals surface area (Å²) in [5, 5.41) is 0. The first-order chi connectivity index (χ1) is 11.6. The fourth-order valence-electron chi connectivity index (χ4n) is 3.04. The lowest BCUT2D eigenvalue weighted by molar-refractivity contribution is 0.634. The molecule has 0 amide bonds. The van der Waals surface area contributed by atoms with Crippen LogP contribution in [-0.2, 0) is 0 Å². The van der Waals surface area contributed by atoms with Crippen molar-refractivity contribution >= 4 is 11.4 Å². The molecule has 0 N–H and O–H groups in total. The SMILES string of the molecule is Cc1cccc(N(C)CCCCCCN(C)c2cccc(C)c2)c1. The van der Waals surface area contributed by atoms with Gasteiger partial charge in [-0.25, -0.2) is 0 Å². The molecule has 0 aliphatic heterocycles. The van der Waals surface area contributed by atoms with Crippen LogP contribution in [0.15, 0.2) is 48.5 Å². The monoisotopic (exact) mass is 324 g/mol. The van der Waals surface area contributed by atoms with Gasteiger partial charge in [-0.3, -0.25) is 0 Å². The molecule has 0 aliphatic carbocycles. The Labute approximate surface area is 148 Å². The van der Waals surface area contributed by atoms with E-state index in [2.05, 4.69) is 86.3 Å². The molecular formula is C22H32N2. The maximum atomic E-state index is 2.37. The van der Waals surface area contributed by atoms with Crippen LogP contribution >= 0.6 is 0 Å². The number of benzene rings is 2. The fraction of sp³-hybridized carbons (Fsp3) is 0.455. The van der Waals surface area contributed by atoms with Crippen molar-refractivity contribution in [2.45, 2.75) is 39.5 Å². The van der Waals surface area contributed by atoms with E-state index in [1.165, 1.54) is 48.2 Å². The van der Waals surface area contributed by atoms with E-state index in [0.29, 0.717) is 0 Å². The molecule has 0 saturated heterocycles. The van der Waals surface area contributed by atoms with Crippen molar-refractivity contribution in [3.05, 3.63) is 59.7 Å². The number of aryl methyl sites for hydroxylation is 2. The number of unbranched alkanes of at least 4 members (excludes halogenated alkanes) is 3. The minimum Gasteiger partial charge on any atom is -0.375 e. The first-order valence-corrected chi connectivity index (χ1v) is 9.12. The second-order valence-electron chi connectivity index (χ2n) is 6.94. The topological polar surface area (TPSA) is 6.48 Å². The molecule has 2 rings (SSSR count). The van der Waals surface area contributed by atoms with Crippen molar-refractivity contribution in [2.75, 3.05) is 37.0 Å². The molecule has 24 heavy (non-hydrogen) atoms. The molecule has 2 aromatic rings. The smallest absolute Gasteiger partial charge is 0.0366 e. The zero-order valence-corrected chi connectivity index (χ0v) is 15.8. The van der Waals surface area contributed by atoms with Crippen molar-refractivity contribution in [3.8, 4) is 0 Å². The molecule has 0 aromatic heterocycles. The van der Waals surface area contributed by atoms with Crippen LogP contribution in [0.3, 0.4) is 0 Å². The first kappa shape index (κ1) is 18.4. The van der Waals surface area contributed by atoms with Gasteiger partial charge in [0.1, 0.15) is 0 Å². The molecule has 2 nitrogen and oxygen atoms in total. The Morgan fingerprint density at radius 2 is 1.04 bits per heavy atom. The van der Waals surface area contributed by atoms with Crippen LogP contribution in [0.4, 0.5) is 11.4 Å². The summed E-state index contributed by atoms with van der Waals surface area (Å²) in [7, 11) is 4.39. The van der Waals surface area contributed by atoms with Gasteiger partial charge < -0.3 is 9.80 Å². The van der Waals surface area contributed by atoms with E-state index in [9.17, 15) is 0 Å². The molecule has 0 fully saturated rings. The average molecular weight is 325 g/mol. The Bertz CT molecular complexity index is 565. The lowest BCUT2D eigenvalue weighted by atomic mass is 10.1. The third-order valence-electron chi connectivity index (χ3n) is 4.62. The molecule has 0 radical (unpaired) electrons. The van der Waals surface area contributed by atoms with Gasteiger partial charge in [0.25, 0.3) is 0 Å². The third-order valence-corrected chi connectivity index (χ3v) is 4.62. The highest BCUT2D eigenvalue weighted by molar-refractivity contribution is 5.48. The van der Waals surface area contributed by atoms with Crippen LogP contribution in [0.1, 0.15) is 36.8 Å². The summed E-state index contributed by atoms with van der Waals surface area (Å²) in [4.78, 5) is 4.73. The Morgan fingerprint density at radius 3 is 1.42 bits per heavy atom. The lowest BCUT2D eigenvalue weighted by Crippen LogP contribution is -2.19. The molecule has 2 heteroatoms. The Morgan fingerprint density at radius 1 is 0.625 bits per heavy atom. The van der Waals surface area contributed by atoms with Crippen molar-refractivity contribution < 1.29 is 0 Å². The van der Waals surface area contributed by atoms with Gasteiger partial charge in [-0.2, -0.15) is 0 Å². The molecule has 130 valence electrons. The largest absolute Gasteiger partial charge is 0.375 e. The predicted molar refractivity (Wildman–Crippen MR) is 107 cm³/mol. The van der Waals surface area contributed by atoms with Crippen LogP contribution in [0, 0.1) is 13.8 Å². The van der Waals surface area contributed by atoms with Crippen molar-refractivity contribution in [1.29, 1.82) is 0 Å². The van der Waals surface area contributed by atoms with Crippen molar-refractivity contribution in [1.82, 2.24) is 0 Å². The normalized spacial score (nSPS) is 10.7. The van der Waals surface area contributed by atoms with Gasteiger partial charge in [0.05, 0.1) is 0 Å². The number of rotatable bonds is 9. The Hall–Kier alpha value is -1.96. The van der Waals surface area contributed by atoms with Gasteiger partial charge >= 0.3 is 0 Å². The van der Waals surface area contributed by atoms with Crippen LogP contribution in [0.2, 0.25) is 0 Å². The van der Waals surface area contributed by atoms with Crippen LogP contribution in [0.25, 0.3) is 0 Å². The van der Waals surface area contributed by atoms with E-state index in [1.807, 2.05) is 0 Å². The Balaban J connectivity index is 1.61. The minimum absolute atomic E-state index is 1.14. The van der Waals surface area contributed by atoms with E-state index < -0.39 is 0 Å². The molecule has 0 bridgehead atoms. The van der Waals surface area contributed by atoms with Crippen LogP contribution in [0.5, 0.6) is 0 Å². The predicted octanol–water partition coefficient (Wildman–Crippen LogP) is 5.44. The molecule has 0 aliphatic rings. The minimum atomic E-state index is 1.14. The first-order valence-electron chi connectivity index (χ1n) is 9.12. The fourth-order valence-corrected chi connectivity index (χ4v) is 3.04. The highest BCUT2D eigenvalue weighted by Gasteiger charge is 2.02. The van der Waals surface area contributed by atoms with Gasteiger partial charge in [-0.1, -0.05) is 37.1 Å².